The average molecular weight is 300 g/mol. The van der Waals surface area contributed by atoms with Crippen molar-refractivity contribution in [3.05, 3.63) is 28.7 Å². The second kappa shape index (κ2) is 6.39. The van der Waals surface area contributed by atoms with Crippen molar-refractivity contribution in [3.63, 3.8) is 0 Å². The van der Waals surface area contributed by atoms with Crippen LogP contribution in [0.5, 0.6) is 0 Å². The molecule has 0 aliphatic heterocycles. The third-order valence-corrected chi connectivity index (χ3v) is 3.04. The fourth-order valence-electron chi connectivity index (χ4n) is 1.42. The van der Waals surface area contributed by atoms with Crippen molar-refractivity contribution in [2.45, 2.75) is 19.3 Å². The van der Waals surface area contributed by atoms with E-state index in [1.54, 1.807) is 7.05 Å². The third kappa shape index (κ3) is 4.19. The molecule has 5 heteroatoms. The van der Waals surface area contributed by atoms with Gasteiger partial charge in [0.2, 0.25) is 5.91 Å². The summed E-state index contributed by atoms with van der Waals surface area (Å²) in [5.74, 6) is -0.959. The molecule has 1 N–H and O–H groups in total. The van der Waals surface area contributed by atoms with E-state index in [9.17, 15) is 9.59 Å². The van der Waals surface area contributed by atoms with Gasteiger partial charge in [-0.25, -0.2) is 0 Å². The predicted octanol–water partition coefficient (Wildman–Crippen LogP) is 2.67. The Morgan fingerprint density at radius 1 is 1.29 bits per heavy atom. The topological polar surface area (TPSA) is 57.6 Å². The summed E-state index contributed by atoms with van der Waals surface area (Å²) in [5.41, 5.74) is 0.785. The Morgan fingerprint density at radius 2 is 1.94 bits per heavy atom. The summed E-state index contributed by atoms with van der Waals surface area (Å²) in [7, 11) is 1.68. The van der Waals surface area contributed by atoms with Crippen molar-refractivity contribution < 1.29 is 14.7 Å². The predicted molar refractivity (Wildman–Crippen MR) is 69.0 cm³/mol. The summed E-state index contributed by atoms with van der Waals surface area (Å²) >= 11 is 3.37. The number of hydrogen-bond donors (Lipinski definition) is 1. The van der Waals surface area contributed by atoms with E-state index in [4.69, 9.17) is 5.11 Å². The second-order valence-corrected chi connectivity index (χ2v) is 4.51. The average Bonchev–Trinajstić information content (AvgIpc) is 2.28. The summed E-state index contributed by atoms with van der Waals surface area (Å²) in [4.78, 5) is 23.7. The van der Waals surface area contributed by atoms with E-state index in [1.807, 2.05) is 24.3 Å². The van der Waals surface area contributed by atoms with Gasteiger partial charge >= 0.3 is 5.97 Å². The molecule has 0 bridgehead atoms. The summed E-state index contributed by atoms with van der Waals surface area (Å²) in [6.07, 6.45) is 0.628. The van der Waals surface area contributed by atoms with E-state index in [2.05, 4.69) is 15.9 Å². The van der Waals surface area contributed by atoms with Crippen LogP contribution >= 0.6 is 15.9 Å². The third-order valence-electron chi connectivity index (χ3n) is 2.37. The zero-order chi connectivity index (χ0) is 12.8. The van der Waals surface area contributed by atoms with Crippen molar-refractivity contribution in [3.8, 4) is 0 Å². The van der Waals surface area contributed by atoms with Crippen LogP contribution in [0.15, 0.2) is 28.7 Å². The van der Waals surface area contributed by atoms with E-state index in [0.717, 1.165) is 10.2 Å². The second-order valence-electron chi connectivity index (χ2n) is 3.65. The standard InChI is InChI=1S/C12H14BrNO3/c1-14(10-6-3-2-5-9(10)13)11(15)7-4-8-12(16)17/h2-3,5-6H,4,7-8H2,1H3,(H,16,17). The zero-order valence-corrected chi connectivity index (χ0v) is 11.1. The SMILES string of the molecule is CN(C(=O)CCCC(=O)O)c1ccccc1Br. The number of benzene rings is 1. The van der Waals surface area contributed by atoms with Gasteiger partial charge in [-0.2, -0.15) is 0 Å². The molecule has 92 valence electrons. The molecule has 0 saturated heterocycles. The van der Waals surface area contributed by atoms with Gasteiger partial charge in [0.05, 0.1) is 5.69 Å². The highest BCUT2D eigenvalue weighted by atomic mass is 79.9. The molecule has 0 fully saturated rings. The molecule has 0 aromatic heterocycles. The minimum absolute atomic E-state index is 0.0234. The fraction of sp³-hybridized carbons (Fsp3) is 0.333. The summed E-state index contributed by atoms with van der Waals surface area (Å²) in [6, 6.07) is 7.41. The molecular weight excluding hydrogens is 286 g/mol. The van der Waals surface area contributed by atoms with Crippen molar-refractivity contribution in [1.82, 2.24) is 0 Å². The highest BCUT2D eigenvalue weighted by Crippen LogP contribution is 2.25. The van der Waals surface area contributed by atoms with Gasteiger partial charge in [0.1, 0.15) is 0 Å². The lowest BCUT2D eigenvalue weighted by Gasteiger charge is -2.18. The minimum Gasteiger partial charge on any atom is -0.481 e. The number of aliphatic carboxylic acids is 1. The van der Waals surface area contributed by atoms with Gasteiger partial charge in [0, 0.05) is 24.4 Å². The molecular formula is C12H14BrNO3. The first-order valence-electron chi connectivity index (χ1n) is 5.25. The van der Waals surface area contributed by atoms with Crippen LogP contribution < -0.4 is 4.90 Å². The first-order chi connectivity index (χ1) is 8.02. The zero-order valence-electron chi connectivity index (χ0n) is 9.52. The lowest BCUT2D eigenvalue weighted by atomic mass is 10.2. The summed E-state index contributed by atoms with van der Waals surface area (Å²) < 4.78 is 0.842. The Hall–Kier alpha value is -1.36. The van der Waals surface area contributed by atoms with Crippen LogP contribution in [0.25, 0.3) is 0 Å². The van der Waals surface area contributed by atoms with Crippen LogP contribution in [0.2, 0.25) is 0 Å². The normalized spacial score (nSPS) is 10.0. The molecule has 1 aromatic carbocycles. The Kier molecular flexibility index (Phi) is 5.15. The number of carbonyl (C=O) groups excluding carboxylic acids is 1. The molecule has 1 rings (SSSR count). The number of halogens is 1. The van der Waals surface area contributed by atoms with Gasteiger partial charge in [-0.15, -0.1) is 0 Å². The van der Waals surface area contributed by atoms with Crippen LogP contribution in [0, 0.1) is 0 Å². The Bertz CT molecular complexity index is 420. The molecule has 1 amide bonds. The lowest BCUT2D eigenvalue weighted by Crippen LogP contribution is -2.26. The van der Waals surface area contributed by atoms with E-state index in [0.29, 0.717) is 6.42 Å². The molecule has 0 aliphatic carbocycles. The molecule has 0 atom stereocenters. The monoisotopic (exact) mass is 299 g/mol. The lowest BCUT2D eigenvalue weighted by molar-refractivity contribution is -0.137. The molecule has 17 heavy (non-hydrogen) atoms. The van der Waals surface area contributed by atoms with E-state index in [-0.39, 0.29) is 18.7 Å². The van der Waals surface area contributed by atoms with Gasteiger partial charge in [-0.05, 0) is 34.5 Å². The quantitative estimate of drug-likeness (QED) is 0.909. The smallest absolute Gasteiger partial charge is 0.303 e. The first kappa shape index (κ1) is 13.7. The molecule has 0 spiro atoms. The van der Waals surface area contributed by atoms with Crippen molar-refractivity contribution in [2.24, 2.45) is 0 Å². The summed E-state index contributed by atoms with van der Waals surface area (Å²) in [5, 5.41) is 8.49. The maximum absolute atomic E-state index is 11.8. The van der Waals surface area contributed by atoms with Crippen molar-refractivity contribution in [2.75, 3.05) is 11.9 Å². The summed E-state index contributed by atoms with van der Waals surface area (Å²) in [6.45, 7) is 0. The van der Waals surface area contributed by atoms with E-state index in [1.165, 1.54) is 4.90 Å². The number of rotatable bonds is 5. The van der Waals surface area contributed by atoms with E-state index >= 15 is 0 Å². The number of carboxylic acid groups (broad SMARTS) is 1. The van der Waals surface area contributed by atoms with Crippen LogP contribution in [-0.2, 0) is 9.59 Å². The molecule has 0 unspecified atom stereocenters. The van der Waals surface area contributed by atoms with Crippen LogP contribution in [0.4, 0.5) is 5.69 Å². The van der Waals surface area contributed by atoms with Crippen molar-refractivity contribution >= 4 is 33.5 Å². The van der Waals surface area contributed by atoms with Gasteiger partial charge in [-0.3, -0.25) is 9.59 Å². The number of hydrogen-bond acceptors (Lipinski definition) is 2. The number of nitrogens with zero attached hydrogens (tertiary/aromatic N) is 1. The van der Waals surface area contributed by atoms with Gasteiger partial charge in [0.25, 0.3) is 0 Å². The van der Waals surface area contributed by atoms with Gasteiger partial charge in [-0.1, -0.05) is 12.1 Å². The van der Waals surface area contributed by atoms with Gasteiger partial charge in [0.15, 0.2) is 0 Å². The number of anilines is 1. The number of para-hydroxylation sites is 1. The highest BCUT2D eigenvalue weighted by Gasteiger charge is 2.13. The molecule has 0 heterocycles. The van der Waals surface area contributed by atoms with Crippen molar-refractivity contribution in [1.29, 1.82) is 0 Å². The number of carboxylic acids is 1. The number of carbonyl (C=O) groups is 2. The molecule has 0 saturated carbocycles. The van der Waals surface area contributed by atoms with Crippen LogP contribution in [0.3, 0.4) is 0 Å². The Labute approximate surface area is 108 Å². The number of amides is 1. The van der Waals surface area contributed by atoms with E-state index < -0.39 is 5.97 Å². The Balaban J connectivity index is 2.58. The Morgan fingerprint density at radius 3 is 2.53 bits per heavy atom. The fourth-order valence-corrected chi connectivity index (χ4v) is 1.97. The van der Waals surface area contributed by atoms with Crippen LogP contribution in [0.1, 0.15) is 19.3 Å². The molecule has 4 nitrogen and oxygen atoms in total. The maximum atomic E-state index is 11.8. The molecule has 0 aliphatic rings. The first-order valence-corrected chi connectivity index (χ1v) is 6.04. The van der Waals surface area contributed by atoms with Crippen LogP contribution in [-0.4, -0.2) is 24.0 Å². The largest absolute Gasteiger partial charge is 0.481 e. The maximum Gasteiger partial charge on any atom is 0.303 e. The minimum atomic E-state index is -0.874. The highest BCUT2D eigenvalue weighted by molar-refractivity contribution is 9.10. The molecule has 1 aromatic rings. The van der Waals surface area contributed by atoms with Gasteiger partial charge < -0.3 is 10.0 Å². The molecule has 0 radical (unpaired) electrons.